The zero-order valence-electron chi connectivity index (χ0n) is 16.3. The van der Waals surface area contributed by atoms with Gasteiger partial charge in [0, 0.05) is 38.3 Å². The molecule has 0 aromatic heterocycles. The van der Waals surface area contributed by atoms with Crippen molar-refractivity contribution in [3.05, 3.63) is 58.9 Å². The lowest BCUT2D eigenvalue weighted by molar-refractivity contribution is 0.101. The summed E-state index contributed by atoms with van der Waals surface area (Å²) in [6, 6.07) is 11.0. The van der Waals surface area contributed by atoms with Crippen molar-refractivity contribution in [2.45, 2.75) is 20.8 Å². The van der Waals surface area contributed by atoms with Gasteiger partial charge in [0.05, 0.1) is 5.69 Å². The molecule has 0 N–H and O–H groups in total. The van der Waals surface area contributed by atoms with Gasteiger partial charge in [-0.2, -0.15) is 0 Å². The smallest absolute Gasteiger partial charge is 0.159 e. The van der Waals surface area contributed by atoms with Crippen LogP contribution >= 0.6 is 0 Å². The van der Waals surface area contributed by atoms with E-state index in [0.29, 0.717) is 17.9 Å². The maximum absolute atomic E-state index is 14.3. The van der Waals surface area contributed by atoms with Gasteiger partial charge in [-0.3, -0.25) is 9.69 Å². The molecule has 1 aliphatic heterocycles. The average molecular weight is 370 g/mol. The first kappa shape index (κ1) is 19.4. The molecular formula is C22H27FN2O2. The number of anilines is 1. The van der Waals surface area contributed by atoms with Crippen molar-refractivity contribution in [1.29, 1.82) is 0 Å². The summed E-state index contributed by atoms with van der Waals surface area (Å²) in [6.45, 7) is 10.3. The highest BCUT2D eigenvalue weighted by Gasteiger charge is 2.20. The standard InChI is InChI=1S/C22H27FN2O2/c1-16-4-5-17(2)22(14-16)27-13-12-24-8-10-25(11-9-24)21-7-6-19(18(3)26)15-20(21)23/h4-7,14-15H,8-13H2,1-3H3. The van der Waals surface area contributed by atoms with E-state index in [1.165, 1.54) is 18.6 Å². The number of rotatable bonds is 6. The Morgan fingerprint density at radius 1 is 1.07 bits per heavy atom. The van der Waals surface area contributed by atoms with Crippen LogP contribution in [0.25, 0.3) is 0 Å². The van der Waals surface area contributed by atoms with Crippen molar-refractivity contribution in [2.24, 2.45) is 0 Å². The van der Waals surface area contributed by atoms with E-state index < -0.39 is 0 Å². The summed E-state index contributed by atoms with van der Waals surface area (Å²) in [7, 11) is 0. The summed E-state index contributed by atoms with van der Waals surface area (Å²) in [5.41, 5.74) is 3.33. The number of piperazine rings is 1. The lowest BCUT2D eigenvalue weighted by Crippen LogP contribution is -2.47. The quantitative estimate of drug-likeness (QED) is 0.723. The van der Waals surface area contributed by atoms with E-state index in [4.69, 9.17) is 4.74 Å². The predicted molar refractivity (Wildman–Crippen MR) is 106 cm³/mol. The number of ether oxygens (including phenoxy) is 1. The second-order valence-electron chi connectivity index (χ2n) is 7.17. The molecule has 2 aromatic rings. The Bertz CT molecular complexity index is 814. The molecule has 0 saturated carbocycles. The highest BCUT2D eigenvalue weighted by atomic mass is 19.1. The van der Waals surface area contributed by atoms with Crippen LogP contribution in [0, 0.1) is 19.7 Å². The van der Waals surface area contributed by atoms with Crippen molar-refractivity contribution in [2.75, 3.05) is 44.2 Å². The molecule has 1 fully saturated rings. The molecule has 0 amide bonds. The summed E-state index contributed by atoms with van der Waals surface area (Å²) in [6.07, 6.45) is 0. The first-order valence-electron chi connectivity index (χ1n) is 9.42. The molecule has 144 valence electrons. The van der Waals surface area contributed by atoms with Gasteiger partial charge in [-0.25, -0.2) is 4.39 Å². The second kappa shape index (κ2) is 8.53. The molecule has 5 heteroatoms. The molecule has 1 heterocycles. The van der Waals surface area contributed by atoms with Gasteiger partial charge >= 0.3 is 0 Å². The van der Waals surface area contributed by atoms with Gasteiger partial charge in [0.2, 0.25) is 0 Å². The molecule has 0 aliphatic carbocycles. The lowest BCUT2D eigenvalue weighted by atomic mass is 10.1. The van der Waals surface area contributed by atoms with E-state index in [0.717, 1.165) is 44.0 Å². The van der Waals surface area contributed by atoms with Crippen molar-refractivity contribution in [3.8, 4) is 5.75 Å². The SMILES string of the molecule is CC(=O)c1ccc(N2CCN(CCOc3cc(C)ccc3C)CC2)c(F)c1. The van der Waals surface area contributed by atoms with Crippen LogP contribution < -0.4 is 9.64 Å². The van der Waals surface area contributed by atoms with Crippen molar-refractivity contribution in [3.63, 3.8) is 0 Å². The highest BCUT2D eigenvalue weighted by molar-refractivity contribution is 5.94. The van der Waals surface area contributed by atoms with E-state index >= 15 is 0 Å². The lowest BCUT2D eigenvalue weighted by Gasteiger charge is -2.36. The Morgan fingerprint density at radius 2 is 1.81 bits per heavy atom. The maximum atomic E-state index is 14.3. The van der Waals surface area contributed by atoms with Crippen molar-refractivity contribution >= 4 is 11.5 Å². The van der Waals surface area contributed by atoms with Crippen LogP contribution in [-0.2, 0) is 0 Å². The van der Waals surface area contributed by atoms with Crippen LogP contribution in [0.1, 0.15) is 28.4 Å². The number of benzene rings is 2. The monoisotopic (exact) mass is 370 g/mol. The van der Waals surface area contributed by atoms with Gasteiger partial charge in [0.25, 0.3) is 0 Å². The fourth-order valence-corrected chi connectivity index (χ4v) is 3.34. The topological polar surface area (TPSA) is 32.8 Å². The molecule has 2 aromatic carbocycles. The molecule has 0 bridgehead atoms. The molecule has 0 radical (unpaired) electrons. The number of hydrogen-bond donors (Lipinski definition) is 0. The number of halogens is 1. The number of Topliss-reactive ketones (excluding diaryl/α,β-unsaturated/α-hetero) is 1. The zero-order chi connectivity index (χ0) is 19.4. The largest absolute Gasteiger partial charge is 0.492 e. The van der Waals surface area contributed by atoms with Crippen LogP contribution in [0.15, 0.2) is 36.4 Å². The minimum absolute atomic E-state index is 0.117. The van der Waals surface area contributed by atoms with Crippen LogP contribution in [0.3, 0.4) is 0 Å². The molecular weight excluding hydrogens is 343 g/mol. The predicted octanol–water partition coefficient (Wildman–Crippen LogP) is 3.85. The van der Waals surface area contributed by atoms with Gasteiger partial charge in [0.15, 0.2) is 5.78 Å². The van der Waals surface area contributed by atoms with Crippen LogP contribution in [0.2, 0.25) is 0 Å². The van der Waals surface area contributed by atoms with Gasteiger partial charge in [-0.15, -0.1) is 0 Å². The molecule has 1 saturated heterocycles. The van der Waals surface area contributed by atoms with E-state index in [-0.39, 0.29) is 11.6 Å². The van der Waals surface area contributed by atoms with Gasteiger partial charge in [-0.05, 0) is 56.2 Å². The minimum Gasteiger partial charge on any atom is -0.492 e. The number of ketones is 1. The van der Waals surface area contributed by atoms with Crippen molar-refractivity contribution < 1.29 is 13.9 Å². The number of aryl methyl sites for hydroxylation is 2. The Hall–Kier alpha value is -2.40. The van der Waals surface area contributed by atoms with Crippen molar-refractivity contribution in [1.82, 2.24) is 4.90 Å². The summed E-state index contributed by atoms with van der Waals surface area (Å²) >= 11 is 0. The molecule has 27 heavy (non-hydrogen) atoms. The molecule has 0 spiro atoms. The highest BCUT2D eigenvalue weighted by Crippen LogP contribution is 2.23. The second-order valence-corrected chi connectivity index (χ2v) is 7.17. The normalized spacial score (nSPS) is 15.0. The number of carbonyl (C=O) groups is 1. The fraction of sp³-hybridized carbons (Fsp3) is 0.409. The Balaban J connectivity index is 1.49. The summed E-state index contributed by atoms with van der Waals surface area (Å²) in [4.78, 5) is 15.8. The van der Waals surface area contributed by atoms with Gasteiger partial charge in [-0.1, -0.05) is 12.1 Å². The minimum atomic E-state index is -0.325. The van der Waals surface area contributed by atoms with Crippen LogP contribution in [-0.4, -0.2) is 50.0 Å². The van der Waals surface area contributed by atoms with E-state index in [9.17, 15) is 9.18 Å². The number of carbonyl (C=O) groups excluding carboxylic acids is 1. The summed E-state index contributed by atoms with van der Waals surface area (Å²) < 4.78 is 20.3. The summed E-state index contributed by atoms with van der Waals surface area (Å²) in [5, 5.41) is 0. The third kappa shape index (κ3) is 4.86. The molecule has 1 aliphatic rings. The van der Waals surface area contributed by atoms with E-state index in [1.807, 2.05) is 4.90 Å². The number of hydrogen-bond acceptors (Lipinski definition) is 4. The third-order valence-corrected chi connectivity index (χ3v) is 5.08. The van der Waals surface area contributed by atoms with E-state index in [1.54, 1.807) is 12.1 Å². The Labute approximate surface area is 160 Å². The molecule has 0 unspecified atom stereocenters. The average Bonchev–Trinajstić information content (AvgIpc) is 2.65. The molecule has 3 rings (SSSR count). The first-order valence-corrected chi connectivity index (χ1v) is 9.42. The van der Waals surface area contributed by atoms with E-state index in [2.05, 4.69) is 36.9 Å². The van der Waals surface area contributed by atoms with Gasteiger partial charge < -0.3 is 9.64 Å². The zero-order valence-corrected chi connectivity index (χ0v) is 16.3. The maximum Gasteiger partial charge on any atom is 0.159 e. The van der Waals surface area contributed by atoms with Crippen LogP contribution in [0.5, 0.6) is 5.75 Å². The Kier molecular flexibility index (Phi) is 6.11. The molecule has 4 nitrogen and oxygen atoms in total. The fourth-order valence-electron chi connectivity index (χ4n) is 3.34. The third-order valence-electron chi connectivity index (χ3n) is 5.08. The molecule has 0 atom stereocenters. The number of nitrogens with zero attached hydrogens (tertiary/aromatic N) is 2. The first-order chi connectivity index (χ1) is 12.9. The summed E-state index contributed by atoms with van der Waals surface area (Å²) in [5.74, 6) is 0.504. The van der Waals surface area contributed by atoms with Crippen LogP contribution in [0.4, 0.5) is 10.1 Å². The van der Waals surface area contributed by atoms with Gasteiger partial charge in [0.1, 0.15) is 18.2 Å². The Morgan fingerprint density at radius 3 is 2.48 bits per heavy atom.